The highest BCUT2D eigenvalue weighted by Crippen LogP contribution is 2.23. The van der Waals surface area contributed by atoms with Crippen molar-refractivity contribution in [2.75, 3.05) is 18.2 Å². The molecular weight excluding hydrogens is 368 g/mol. The molecule has 0 fully saturated rings. The van der Waals surface area contributed by atoms with E-state index in [-0.39, 0.29) is 5.89 Å². The third-order valence-corrected chi connectivity index (χ3v) is 5.04. The summed E-state index contributed by atoms with van der Waals surface area (Å²) in [5, 5.41) is 11.0. The van der Waals surface area contributed by atoms with Gasteiger partial charge in [0.05, 0.1) is 7.11 Å². The molecule has 1 amide bonds. The van der Waals surface area contributed by atoms with Gasteiger partial charge in [-0.05, 0) is 24.3 Å². The fourth-order valence-electron chi connectivity index (χ4n) is 1.86. The van der Waals surface area contributed by atoms with E-state index in [0.29, 0.717) is 16.4 Å². The predicted molar refractivity (Wildman–Crippen MR) is 89.1 cm³/mol. The van der Waals surface area contributed by atoms with Crippen LogP contribution < -0.4 is 10.1 Å². The summed E-state index contributed by atoms with van der Waals surface area (Å²) in [5.74, 6) is -0.896. The summed E-state index contributed by atoms with van der Waals surface area (Å²) in [5.41, 5.74) is 0.530. The Morgan fingerprint density at radius 1 is 1.28 bits per heavy atom. The molecule has 0 bridgehead atoms. The van der Waals surface area contributed by atoms with Crippen LogP contribution in [0.4, 0.5) is 5.13 Å². The molecule has 2 heterocycles. The molecule has 0 unspecified atom stereocenters. The molecular formula is C14H12N4O5S2. The Hall–Kier alpha value is -2.79. The first-order valence-electron chi connectivity index (χ1n) is 6.88. The van der Waals surface area contributed by atoms with Crippen molar-refractivity contribution in [1.82, 2.24) is 15.2 Å². The average Bonchev–Trinajstić information content (AvgIpc) is 3.26. The first-order valence-corrected chi connectivity index (χ1v) is 9.41. The number of hydrogen-bond donors (Lipinski definition) is 1. The molecule has 130 valence electrons. The molecule has 3 aromatic rings. The Morgan fingerprint density at radius 3 is 2.68 bits per heavy atom. The second-order valence-corrected chi connectivity index (χ2v) is 7.51. The van der Waals surface area contributed by atoms with Crippen LogP contribution in [0.25, 0.3) is 11.5 Å². The molecule has 25 heavy (non-hydrogen) atoms. The number of carbonyl (C=O) groups is 1. The minimum Gasteiger partial charge on any atom is -0.497 e. The predicted octanol–water partition coefficient (Wildman–Crippen LogP) is 1.61. The number of aromatic nitrogens is 3. The van der Waals surface area contributed by atoms with Gasteiger partial charge in [-0.1, -0.05) is 5.10 Å². The molecule has 0 spiro atoms. The number of methoxy groups -OCH3 is 1. The van der Waals surface area contributed by atoms with E-state index in [4.69, 9.17) is 9.15 Å². The topological polar surface area (TPSA) is 124 Å². The molecule has 0 aliphatic heterocycles. The van der Waals surface area contributed by atoms with Crippen molar-refractivity contribution in [2.45, 2.75) is 5.22 Å². The van der Waals surface area contributed by atoms with Crippen LogP contribution in [0, 0.1) is 0 Å². The van der Waals surface area contributed by atoms with Crippen molar-refractivity contribution in [3.8, 4) is 17.2 Å². The van der Waals surface area contributed by atoms with Gasteiger partial charge in [0.15, 0.2) is 5.13 Å². The third kappa shape index (κ3) is 4.00. The van der Waals surface area contributed by atoms with Gasteiger partial charge in [-0.2, -0.15) is 0 Å². The molecule has 0 aliphatic rings. The zero-order valence-electron chi connectivity index (χ0n) is 12.9. The van der Waals surface area contributed by atoms with E-state index in [1.807, 2.05) is 0 Å². The average molecular weight is 380 g/mol. The van der Waals surface area contributed by atoms with Crippen LogP contribution in [0.1, 0.15) is 0 Å². The molecule has 0 radical (unpaired) electrons. The van der Waals surface area contributed by atoms with Crippen LogP contribution in [0.2, 0.25) is 0 Å². The van der Waals surface area contributed by atoms with Crippen LogP contribution in [-0.4, -0.2) is 42.4 Å². The molecule has 0 aliphatic carbocycles. The second-order valence-electron chi connectivity index (χ2n) is 4.75. The molecule has 9 nitrogen and oxygen atoms in total. The highest BCUT2D eigenvalue weighted by atomic mass is 32.2. The highest BCUT2D eigenvalue weighted by Gasteiger charge is 2.26. The van der Waals surface area contributed by atoms with Crippen LogP contribution in [0.3, 0.4) is 0 Å². The number of thiazole rings is 1. The number of rotatable bonds is 6. The lowest BCUT2D eigenvalue weighted by atomic mass is 10.2. The SMILES string of the molecule is COc1ccc(-c2nnc(S(=O)(=O)CC(=O)Nc3nccs3)o2)cc1. The van der Waals surface area contributed by atoms with Gasteiger partial charge in [-0.15, -0.1) is 16.4 Å². The van der Waals surface area contributed by atoms with Gasteiger partial charge in [0, 0.05) is 17.1 Å². The van der Waals surface area contributed by atoms with Gasteiger partial charge in [0.2, 0.25) is 21.6 Å². The first-order chi connectivity index (χ1) is 12.0. The lowest BCUT2D eigenvalue weighted by Gasteiger charge is -2.01. The Bertz CT molecular complexity index is 965. The number of nitrogens with zero attached hydrogens (tertiary/aromatic N) is 3. The second kappa shape index (κ2) is 6.99. The lowest BCUT2D eigenvalue weighted by Crippen LogP contribution is -2.23. The van der Waals surface area contributed by atoms with E-state index < -0.39 is 26.7 Å². The Labute approximate surface area is 146 Å². The quantitative estimate of drug-likeness (QED) is 0.684. The number of ether oxygens (including phenoxy) is 1. The molecule has 0 atom stereocenters. The maximum atomic E-state index is 12.2. The van der Waals surface area contributed by atoms with Crippen molar-refractivity contribution in [3.63, 3.8) is 0 Å². The molecule has 2 aromatic heterocycles. The van der Waals surface area contributed by atoms with Gasteiger partial charge in [-0.3, -0.25) is 4.79 Å². The van der Waals surface area contributed by atoms with E-state index in [0.717, 1.165) is 0 Å². The van der Waals surface area contributed by atoms with Crippen LogP contribution in [0.5, 0.6) is 5.75 Å². The van der Waals surface area contributed by atoms with Gasteiger partial charge < -0.3 is 14.5 Å². The maximum absolute atomic E-state index is 12.2. The van der Waals surface area contributed by atoms with Crippen molar-refractivity contribution >= 4 is 32.2 Å². The summed E-state index contributed by atoms with van der Waals surface area (Å²) in [6.45, 7) is 0. The number of benzene rings is 1. The molecule has 1 N–H and O–H groups in total. The van der Waals surface area contributed by atoms with Crippen LogP contribution >= 0.6 is 11.3 Å². The maximum Gasteiger partial charge on any atom is 0.336 e. The van der Waals surface area contributed by atoms with E-state index in [1.54, 1.807) is 29.6 Å². The van der Waals surface area contributed by atoms with Crippen molar-refractivity contribution in [3.05, 3.63) is 35.8 Å². The summed E-state index contributed by atoms with van der Waals surface area (Å²) in [4.78, 5) is 15.7. The number of amides is 1. The van der Waals surface area contributed by atoms with E-state index in [1.165, 1.54) is 24.6 Å². The first kappa shape index (κ1) is 17.0. The third-order valence-electron chi connectivity index (χ3n) is 3.01. The summed E-state index contributed by atoms with van der Waals surface area (Å²) < 4.78 is 34.7. The van der Waals surface area contributed by atoms with Crippen LogP contribution in [-0.2, 0) is 14.6 Å². The highest BCUT2D eigenvalue weighted by molar-refractivity contribution is 7.91. The van der Waals surface area contributed by atoms with E-state index >= 15 is 0 Å². The minimum atomic E-state index is -4.06. The Morgan fingerprint density at radius 2 is 2.04 bits per heavy atom. The van der Waals surface area contributed by atoms with E-state index in [9.17, 15) is 13.2 Å². The fraction of sp³-hybridized carbons (Fsp3) is 0.143. The Kier molecular flexibility index (Phi) is 4.76. The summed E-state index contributed by atoms with van der Waals surface area (Å²) in [6, 6.07) is 6.65. The summed E-state index contributed by atoms with van der Waals surface area (Å²) >= 11 is 1.18. The van der Waals surface area contributed by atoms with E-state index in [2.05, 4.69) is 20.5 Å². The van der Waals surface area contributed by atoms with Gasteiger partial charge in [0.25, 0.3) is 0 Å². The molecule has 0 saturated heterocycles. The summed E-state index contributed by atoms with van der Waals surface area (Å²) in [6.07, 6.45) is 1.49. The monoisotopic (exact) mass is 380 g/mol. The normalized spacial score (nSPS) is 11.2. The largest absolute Gasteiger partial charge is 0.497 e. The molecule has 3 rings (SSSR count). The standard InChI is InChI=1S/C14H12N4O5S2/c1-22-10-4-2-9(3-5-10)12-17-18-14(23-12)25(20,21)8-11(19)16-13-15-6-7-24-13/h2-7H,8H2,1H3,(H,15,16,19). The number of carbonyl (C=O) groups excluding carboxylic acids is 1. The zero-order chi connectivity index (χ0) is 17.9. The van der Waals surface area contributed by atoms with Gasteiger partial charge in [-0.25, -0.2) is 13.4 Å². The number of sulfone groups is 1. The smallest absolute Gasteiger partial charge is 0.336 e. The van der Waals surface area contributed by atoms with Gasteiger partial charge >= 0.3 is 5.22 Å². The number of nitrogens with one attached hydrogen (secondary N) is 1. The van der Waals surface area contributed by atoms with Crippen molar-refractivity contribution < 1.29 is 22.4 Å². The fourth-order valence-corrected chi connectivity index (χ4v) is 3.32. The van der Waals surface area contributed by atoms with Gasteiger partial charge in [0.1, 0.15) is 11.5 Å². The van der Waals surface area contributed by atoms with Crippen molar-refractivity contribution in [1.29, 1.82) is 0 Å². The molecule has 0 saturated carbocycles. The van der Waals surface area contributed by atoms with Crippen LogP contribution in [0.15, 0.2) is 45.5 Å². The molecule has 11 heteroatoms. The summed E-state index contributed by atoms with van der Waals surface area (Å²) in [7, 11) is -2.53. The molecule has 1 aromatic carbocycles. The zero-order valence-corrected chi connectivity index (χ0v) is 14.5. The number of anilines is 1. The number of hydrogen-bond acceptors (Lipinski definition) is 9. The van der Waals surface area contributed by atoms with Crippen molar-refractivity contribution in [2.24, 2.45) is 0 Å². The minimum absolute atomic E-state index is 0.0292. The Balaban J connectivity index is 1.74. The lowest BCUT2D eigenvalue weighted by molar-refractivity contribution is -0.113.